The van der Waals surface area contributed by atoms with Crippen molar-refractivity contribution in [1.29, 1.82) is 0 Å². The summed E-state index contributed by atoms with van der Waals surface area (Å²) in [6, 6.07) is -5.76. The molecule has 0 N–H and O–H groups in total. The van der Waals surface area contributed by atoms with Crippen molar-refractivity contribution in [2.75, 3.05) is 0 Å². The molecule has 0 aromatic heterocycles. The summed E-state index contributed by atoms with van der Waals surface area (Å²) in [5, 5.41) is -2.43. The zero-order chi connectivity index (χ0) is 11.3. The third-order valence-electron chi connectivity index (χ3n) is 1.56. The normalized spacial score (nSPS) is 30.9. The molecule has 0 radical (unpaired) electrons. The van der Waals surface area contributed by atoms with Crippen molar-refractivity contribution < 1.29 is 35.2 Å². The molecule has 0 spiro atoms. The lowest BCUT2D eigenvalue weighted by Crippen LogP contribution is -2.58. The first-order chi connectivity index (χ1) is 6.14. The number of allylic oxidation sites excluding steroid dienone is 1. The van der Waals surface area contributed by atoms with Gasteiger partial charge in [0.2, 0.25) is 6.17 Å². The molecule has 1 atom stereocenters. The summed E-state index contributed by atoms with van der Waals surface area (Å²) < 4.78 is 97.1. The van der Waals surface area contributed by atoms with E-state index in [1.807, 2.05) is 0 Å². The van der Waals surface area contributed by atoms with Gasteiger partial charge in [0.05, 0.1) is 0 Å². The summed E-state index contributed by atoms with van der Waals surface area (Å²) >= 11 is 0. The van der Waals surface area contributed by atoms with Gasteiger partial charge in [0.25, 0.3) is 5.95 Å². The Bertz CT molecular complexity index is 255. The Kier molecular flexibility index (Phi) is 2.16. The Balaban J connectivity index is 3.31. The highest BCUT2D eigenvalue weighted by Gasteiger charge is 2.72. The molecule has 0 bridgehead atoms. The van der Waals surface area contributed by atoms with E-state index in [4.69, 9.17) is 0 Å². The van der Waals surface area contributed by atoms with Crippen LogP contribution >= 0.6 is 0 Å². The van der Waals surface area contributed by atoms with Gasteiger partial charge in [-0.15, -0.1) is 5.12 Å². The van der Waals surface area contributed by atoms with E-state index in [1.54, 1.807) is 0 Å². The molecule has 0 fully saturated rings. The highest BCUT2D eigenvalue weighted by Crippen LogP contribution is 2.49. The lowest BCUT2D eigenvalue weighted by atomic mass is 10.1. The molecule has 1 aliphatic heterocycles. The predicted octanol–water partition coefficient (Wildman–Crippen LogP) is 2.86. The molecule has 0 aromatic rings. The van der Waals surface area contributed by atoms with E-state index >= 15 is 0 Å². The molecule has 1 unspecified atom stereocenters. The molecule has 82 valence electrons. The number of rotatable bonds is 0. The van der Waals surface area contributed by atoms with Gasteiger partial charge in [-0.25, -0.2) is 8.78 Å². The van der Waals surface area contributed by atoms with Crippen LogP contribution in [0.2, 0.25) is 0 Å². The van der Waals surface area contributed by atoms with Crippen LogP contribution in [0, 0.1) is 0 Å². The SMILES string of the molecule is FC1=C(F)N(F)C(F)(F)C(F)(F)C1F. The highest BCUT2D eigenvalue weighted by atomic mass is 19.3. The van der Waals surface area contributed by atoms with Crippen LogP contribution in [0.4, 0.5) is 35.2 Å². The lowest BCUT2D eigenvalue weighted by molar-refractivity contribution is -0.352. The van der Waals surface area contributed by atoms with Gasteiger partial charge in [-0.05, 0) is 0 Å². The standard InChI is InChI=1S/C5HF8N/c6-1-2(7)4(9,10)5(11,12)14(13)3(1)8/h2H. The molecule has 1 nitrogen and oxygen atoms in total. The van der Waals surface area contributed by atoms with Gasteiger partial charge < -0.3 is 0 Å². The molecular formula is C5HF8N. The Hall–Kier alpha value is -1.02. The van der Waals surface area contributed by atoms with Crippen LogP contribution < -0.4 is 0 Å². The summed E-state index contributed by atoms with van der Waals surface area (Å²) in [6.45, 7) is 0. The zero-order valence-electron chi connectivity index (χ0n) is 6.05. The van der Waals surface area contributed by atoms with Gasteiger partial charge in [-0.1, -0.05) is 4.48 Å². The number of hydrogen-bond acceptors (Lipinski definition) is 1. The van der Waals surface area contributed by atoms with Crippen LogP contribution in [0.1, 0.15) is 0 Å². The summed E-state index contributed by atoms with van der Waals surface area (Å²) in [5.41, 5.74) is 0. The minimum Gasteiger partial charge on any atom is -0.232 e. The third-order valence-corrected chi connectivity index (χ3v) is 1.56. The van der Waals surface area contributed by atoms with Gasteiger partial charge in [0, 0.05) is 0 Å². The summed E-state index contributed by atoms with van der Waals surface area (Å²) in [5.74, 6) is -11.6. The Morgan fingerprint density at radius 1 is 1.07 bits per heavy atom. The van der Waals surface area contributed by atoms with Gasteiger partial charge in [0.1, 0.15) is 0 Å². The zero-order valence-corrected chi connectivity index (χ0v) is 6.05. The first kappa shape index (κ1) is 11.1. The van der Waals surface area contributed by atoms with E-state index in [-0.39, 0.29) is 0 Å². The van der Waals surface area contributed by atoms with Crippen LogP contribution in [0.5, 0.6) is 0 Å². The van der Waals surface area contributed by atoms with Crippen molar-refractivity contribution in [3.8, 4) is 0 Å². The molecule has 0 amide bonds. The molecule has 0 saturated heterocycles. The van der Waals surface area contributed by atoms with Gasteiger partial charge >= 0.3 is 12.0 Å². The van der Waals surface area contributed by atoms with Gasteiger partial charge in [-0.2, -0.15) is 22.0 Å². The second-order valence-electron chi connectivity index (χ2n) is 2.45. The number of halogens is 8. The van der Waals surface area contributed by atoms with Crippen molar-refractivity contribution >= 4 is 0 Å². The maximum absolute atomic E-state index is 12.2. The van der Waals surface area contributed by atoms with Gasteiger partial charge in [0.15, 0.2) is 5.83 Å². The molecule has 0 saturated carbocycles. The van der Waals surface area contributed by atoms with E-state index in [9.17, 15) is 35.2 Å². The average molecular weight is 227 g/mol. The Labute approximate surface area is 71.5 Å². The summed E-state index contributed by atoms with van der Waals surface area (Å²) in [7, 11) is 0. The van der Waals surface area contributed by atoms with Crippen molar-refractivity contribution in [2.45, 2.75) is 18.1 Å². The predicted molar refractivity (Wildman–Crippen MR) is 27.0 cm³/mol. The second kappa shape index (κ2) is 2.74. The van der Waals surface area contributed by atoms with Crippen LogP contribution in [0.15, 0.2) is 11.8 Å². The molecule has 1 rings (SSSR count). The molecule has 9 heteroatoms. The number of alkyl halides is 5. The van der Waals surface area contributed by atoms with E-state index in [1.165, 1.54) is 0 Å². The van der Waals surface area contributed by atoms with E-state index in [2.05, 4.69) is 0 Å². The summed E-state index contributed by atoms with van der Waals surface area (Å²) in [4.78, 5) is 0. The first-order valence-electron chi connectivity index (χ1n) is 3.05. The van der Waals surface area contributed by atoms with Crippen LogP contribution in [0.3, 0.4) is 0 Å². The van der Waals surface area contributed by atoms with Crippen LogP contribution in [0.25, 0.3) is 0 Å². The molecule has 0 aromatic carbocycles. The highest BCUT2D eigenvalue weighted by molar-refractivity contribution is 5.16. The lowest BCUT2D eigenvalue weighted by Gasteiger charge is -2.35. The van der Waals surface area contributed by atoms with Crippen LogP contribution in [-0.4, -0.2) is 23.3 Å². The topological polar surface area (TPSA) is 3.24 Å². The van der Waals surface area contributed by atoms with Crippen molar-refractivity contribution in [1.82, 2.24) is 5.12 Å². The fourth-order valence-electron chi connectivity index (χ4n) is 0.764. The minimum absolute atomic E-state index is 2.43. The molecule has 1 aliphatic rings. The van der Waals surface area contributed by atoms with E-state index in [0.29, 0.717) is 0 Å². The van der Waals surface area contributed by atoms with Crippen molar-refractivity contribution in [2.24, 2.45) is 0 Å². The third kappa shape index (κ3) is 1.07. The monoisotopic (exact) mass is 227 g/mol. The molecule has 14 heavy (non-hydrogen) atoms. The molecule has 1 heterocycles. The van der Waals surface area contributed by atoms with Crippen LogP contribution in [-0.2, 0) is 0 Å². The Morgan fingerprint density at radius 2 is 1.50 bits per heavy atom. The van der Waals surface area contributed by atoms with Crippen molar-refractivity contribution in [3.63, 3.8) is 0 Å². The second-order valence-corrected chi connectivity index (χ2v) is 2.45. The molecular weight excluding hydrogens is 226 g/mol. The van der Waals surface area contributed by atoms with E-state index < -0.39 is 35.0 Å². The quantitative estimate of drug-likeness (QED) is 0.349. The fourth-order valence-corrected chi connectivity index (χ4v) is 0.764. The Morgan fingerprint density at radius 3 is 1.93 bits per heavy atom. The first-order valence-corrected chi connectivity index (χ1v) is 3.05. The van der Waals surface area contributed by atoms with Gasteiger partial charge in [-0.3, -0.25) is 0 Å². The maximum atomic E-state index is 12.2. The fraction of sp³-hybridized carbons (Fsp3) is 0.600. The number of hydrogen-bond donors (Lipinski definition) is 0. The molecule has 0 aliphatic carbocycles. The van der Waals surface area contributed by atoms with Crippen molar-refractivity contribution in [3.05, 3.63) is 11.8 Å². The average Bonchev–Trinajstić information content (AvgIpc) is 2.10. The maximum Gasteiger partial charge on any atom is 0.419 e. The van der Waals surface area contributed by atoms with E-state index in [0.717, 1.165) is 0 Å². The summed E-state index contributed by atoms with van der Waals surface area (Å²) in [6.07, 6.45) is -4.20. The smallest absolute Gasteiger partial charge is 0.232 e. The minimum atomic E-state index is -5.76. The largest absolute Gasteiger partial charge is 0.419 e. The number of nitrogens with zero attached hydrogens (tertiary/aromatic N) is 1.